The SMILES string of the molecule is CCOC(=O)[C@]1(Cc2ccccc2)CCCN(C(=O)[C@@H](CC2C=NC3C=CC=CC23)NC(=O)C=C(C)CC(C)(C)N)C1. The minimum atomic E-state index is -0.847. The van der Waals surface area contributed by atoms with Gasteiger partial charge in [0.2, 0.25) is 11.8 Å². The molecule has 1 aliphatic carbocycles. The Morgan fingerprint density at radius 3 is 2.67 bits per heavy atom. The summed E-state index contributed by atoms with van der Waals surface area (Å²) in [5, 5.41) is 3.02. The Kier molecular flexibility index (Phi) is 10.2. The molecule has 1 aromatic carbocycles. The Morgan fingerprint density at radius 1 is 1.21 bits per heavy atom. The number of carbonyl (C=O) groups excluding carboxylic acids is 3. The topological polar surface area (TPSA) is 114 Å². The number of piperidine rings is 1. The van der Waals surface area contributed by atoms with Gasteiger partial charge in [-0.25, -0.2) is 0 Å². The van der Waals surface area contributed by atoms with Crippen LogP contribution in [0.2, 0.25) is 0 Å². The van der Waals surface area contributed by atoms with Crippen molar-refractivity contribution in [2.75, 3.05) is 19.7 Å². The van der Waals surface area contributed by atoms with Gasteiger partial charge in [0, 0.05) is 42.8 Å². The molecule has 0 aromatic heterocycles. The summed E-state index contributed by atoms with van der Waals surface area (Å²) in [7, 11) is 0. The van der Waals surface area contributed by atoms with Crippen molar-refractivity contribution in [2.45, 2.75) is 77.4 Å². The molecule has 3 N–H and O–H groups in total. The van der Waals surface area contributed by atoms with Gasteiger partial charge in [-0.2, -0.15) is 0 Å². The number of amides is 2. The monoisotopic (exact) mass is 574 g/mol. The fourth-order valence-electron chi connectivity index (χ4n) is 6.58. The van der Waals surface area contributed by atoms with Gasteiger partial charge in [-0.3, -0.25) is 19.4 Å². The number of esters is 1. The zero-order valence-electron chi connectivity index (χ0n) is 25.4. The van der Waals surface area contributed by atoms with Gasteiger partial charge < -0.3 is 20.7 Å². The summed E-state index contributed by atoms with van der Waals surface area (Å²) in [4.78, 5) is 47.3. The fraction of sp³-hybridized carbons (Fsp3) is 0.529. The number of nitrogens with one attached hydrogen (secondary N) is 1. The third-order valence-electron chi connectivity index (χ3n) is 8.31. The molecule has 4 rings (SSSR count). The lowest BCUT2D eigenvalue weighted by atomic mass is 9.74. The predicted molar refractivity (Wildman–Crippen MR) is 166 cm³/mol. The quantitative estimate of drug-likeness (QED) is 0.304. The standard InChI is InChI=1S/C34H46N4O4/c1-5-42-32(41)34(21-25-12-7-6-8-13-25)16-11-17-38(23-34)31(40)29(37-30(39)18-24(2)20-33(3,4)35)19-26-22-36-28-15-10-9-14-27(26)28/h6-10,12-15,18,22,26-29H,5,11,16-17,19-21,23,35H2,1-4H3,(H,37,39)/t26?,27?,28?,29-,34+/m1/s1. The molecule has 0 radical (unpaired) electrons. The van der Waals surface area contributed by atoms with Gasteiger partial charge in [-0.1, -0.05) is 60.2 Å². The number of likely N-dealkylation sites (tertiary alicyclic amines) is 1. The van der Waals surface area contributed by atoms with E-state index >= 15 is 0 Å². The number of ether oxygens (including phenoxy) is 1. The molecule has 5 atom stereocenters. The molecular weight excluding hydrogens is 528 g/mol. The molecule has 3 unspecified atom stereocenters. The lowest BCUT2D eigenvalue weighted by Crippen LogP contribution is -2.56. The Morgan fingerprint density at radius 2 is 1.95 bits per heavy atom. The van der Waals surface area contributed by atoms with Gasteiger partial charge in [-0.15, -0.1) is 0 Å². The molecule has 42 heavy (non-hydrogen) atoms. The van der Waals surface area contributed by atoms with Gasteiger partial charge in [-0.05, 0) is 65.4 Å². The number of allylic oxidation sites excluding steroid dienone is 2. The molecule has 1 saturated heterocycles. The summed E-state index contributed by atoms with van der Waals surface area (Å²) >= 11 is 0. The minimum absolute atomic E-state index is 0.00225. The summed E-state index contributed by atoms with van der Waals surface area (Å²) < 4.78 is 5.56. The van der Waals surface area contributed by atoms with Crippen molar-refractivity contribution >= 4 is 24.0 Å². The summed E-state index contributed by atoms with van der Waals surface area (Å²) in [6.07, 6.45) is 14.4. The average molecular weight is 575 g/mol. The van der Waals surface area contributed by atoms with Crippen LogP contribution in [0.5, 0.6) is 0 Å². The molecule has 226 valence electrons. The molecule has 0 spiro atoms. The van der Waals surface area contributed by atoms with E-state index in [0.717, 1.165) is 11.1 Å². The number of aliphatic imine (C=N–C) groups is 1. The molecule has 1 aromatic rings. The van der Waals surface area contributed by atoms with Crippen molar-refractivity contribution in [3.63, 3.8) is 0 Å². The third-order valence-corrected chi connectivity index (χ3v) is 8.31. The Bertz CT molecular complexity index is 1250. The summed E-state index contributed by atoms with van der Waals surface area (Å²) in [6.45, 7) is 8.55. The van der Waals surface area contributed by atoms with Crippen molar-refractivity contribution in [1.82, 2.24) is 10.2 Å². The van der Waals surface area contributed by atoms with Crippen molar-refractivity contribution in [1.29, 1.82) is 0 Å². The molecule has 0 bridgehead atoms. The first-order chi connectivity index (χ1) is 20.0. The first-order valence-electron chi connectivity index (χ1n) is 15.1. The first-order valence-corrected chi connectivity index (χ1v) is 15.1. The lowest BCUT2D eigenvalue weighted by Gasteiger charge is -2.42. The summed E-state index contributed by atoms with van der Waals surface area (Å²) in [5.74, 6) is -0.626. The predicted octanol–water partition coefficient (Wildman–Crippen LogP) is 4.16. The van der Waals surface area contributed by atoms with E-state index in [1.807, 2.05) is 69.5 Å². The normalized spacial score (nSPS) is 26.1. The highest BCUT2D eigenvalue weighted by Crippen LogP contribution is 2.37. The minimum Gasteiger partial charge on any atom is -0.466 e. The first kappa shape index (κ1) is 31.4. The van der Waals surface area contributed by atoms with E-state index in [9.17, 15) is 14.4 Å². The summed E-state index contributed by atoms with van der Waals surface area (Å²) in [5.41, 5.74) is 6.73. The van der Waals surface area contributed by atoms with E-state index in [0.29, 0.717) is 38.6 Å². The number of nitrogens with zero attached hydrogens (tertiary/aromatic N) is 2. The van der Waals surface area contributed by atoms with Gasteiger partial charge in [0.05, 0.1) is 18.1 Å². The number of hydrogen-bond donors (Lipinski definition) is 2. The molecular formula is C34H46N4O4. The number of hydrogen-bond acceptors (Lipinski definition) is 6. The Labute approximate surface area is 250 Å². The molecule has 8 heteroatoms. The molecule has 2 heterocycles. The van der Waals surface area contributed by atoms with E-state index in [2.05, 4.69) is 22.5 Å². The van der Waals surface area contributed by atoms with Gasteiger partial charge in [0.25, 0.3) is 0 Å². The molecule has 0 saturated carbocycles. The molecule has 2 amide bonds. The van der Waals surface area contributed by atoms with E-state index in [1.165, 1.54) is 6.08 Å². The third kappa shape index (κ3) is 8.06. The second-order valence-corrected chi connectivity index (χ2v) is 12.8. The van der Waals surface area contributed by atoms with Gasteiger partial charge >= 0.3 is 5.97 Å². The van der Waals surface area contributed by atoms with Crippen LogP contribution in [0, 0.1) is 17.3 Å². The number of benzene rings is 1. The maximum Gasteiger partial charge on any atom is 0.314 e. The van der Waals surface area contributed by atoms with Gasteiger partial charge in [0.1, 0.15) is 6.04 Å². The number of nitrogens with two attached hydrogens (primary N) is 1. The van der Waals surface area contributed by atoms with Crippen LogP contribution in [0.15, 0.2) is 71.3 Å². The second-order valence-electron chi connectivity index (χ2n) is 12.8. The highest BCUT2D eigenvalue weighted by atomic mass is 16.5. The Balaban J connectivity index is 1.58. The van der Waals surface area contributed by atoms with Crippen LogP contribution >= 0.6 is 0 Å². The zero-order valence-corrected chi connectivity index (χ0v) is 25.4. The molecule has 8 nitrogen and oxygen atoms in total. The Hall–Kier alpha value is -3.52. The highest BCUT2D eigenvalue weighted by Gasteiger charge is 2.46. The summed E-state index contributed by atoms with van der Waals surface area (Å²) in [6, 6.07) is 9.16. The second kappa shape index (κ2) is 13.6. The van der Waals surface area contributed by atoms with E-state index in [-0.39, 0.29) is 48.8 Å². The fourth-order valence-corrected chi connectivity index (χ4v) is 6.58. The van der Waals surface area contributed by atoms with Crippen molar-refractivity contribution < 1.29 is 19.1 Å². The van der Waals surface area contributed by atoms with Crippen LogP contribution in [0.4, 0.5) is 0 Å². The molecule has 2 aliphatic heterocycles. The maximum absolute atomic E-state index is 14.3. The van der Waals surface area contributed by atoms with Crippen LogP contribution in [0.25, 0.3) is 0 Å². The maximum atomic E-state index is 14.3. The highest BCUT2D eigenvalue weighted by molar-refractivity contribution is 5.94. The molecule has 3 aliphatic rings. The average Bonchev–Trinajstić information content (AvgIpc) is 3.34. The number of fused-ring (bicyclic) bond motifs is 1. The lowest BCUT2D eigenvalue weighted by molar-refractivity contribution is -0.161. The van der Waals surface area contributed by atoms with Crippen LogP contribution < -0.4 is 11.1 Å². The number of rotatable bonds is 11. The molecule has 1 fully saturated rings. The largest absolute Gasteiger partial charge is 0.466 e. The zero-order chi connectivity index (χ0) is 30.3. The number of carbonyl (C=O) groups is 3. The van der Waals surface area contributed by atoms with Crippen LogP contribution in [0.1, 0.15) is 58.9 Å². The smallest absolute Gasteiger partial charge is 0.314 e. The van der Waals surface area contributed by atoms with E-state index < -0.39 is 17.0 Å². The van der Waals surface area contributed by atoms with E-state index in [4.69, 9.17) is 10.5 Å². The van der Waals surface area contributed by atoms with Crippen molar-refractivity contribution in [3.05, 3.63) is 71.8 Å². The van der Waals surface area contributed by atoms with Crippen LogP contribution in [-0.2, 0) is 25.5 Å². The van der Waals surface area contributed by atoms with E-state index in [1.54, 1.807) is 11.8 Å². The van der Waals surface area contributed by atoms with Crippen molar-refractivity contribution in [2.24, 2.45) is 28.0 Å². The van der Waals surface area contributed by atoms with Gasteiger partial charge in [0.15, 0.2) is 0 Å². The van der Waals surface area contributed by atoms with Crippen molar-refractivity contribution in [3.8, 4) is 0 Å². The van der Waals surface area contributed by atoms with Crippen LogP contribution in [0.3, 0.4) is 0 Å². The van der Waals surface area contributed by atoms with Crippen LogP contribution in [-0.4, -0.2) is 66.2 Å².